The molecule has 102 valence electrons. The van der Waals surface area contributed by atoms with E-state index in [2.05, 4.69) is 59.9 Å². The summed E-state index contributed by atoms with van der Waals surface area (Å²) in [6, 6.07) is 6.30. The number of nitrogens with zero attached hydrogens (tertiary/aromatic N) is 1. The first-order chi connectivity index (χ1) is 8.52. The maximum absolute atomic E-state index is 5.62. The molecule has 0 aliphatic carbocycles. The van der Waals surface area contributed by atoms with Gasteiger partial charge in [0.15, 0.2) is 0 Å². The van der Waals surface area contributed by atoms with Crippen LogP contribution in [0.4, 0.5) is 0 Å². The summed E-state index contributed by atoms with van der Waals surface area (Å²) in [7, 11) is 2.10. The Morgan fingerprint density at radius 3 is 2.67 bits per heavy atom. The van der Waals surface area contributed by atoms with E-state index < -0.39 is 0 Å². The van der Waals surface area contributed by atoms with Gasteiger partial charge in [0.1, 0.15) is 0 Å². The van der Waals surface area contributed by atoms with Gasteiger partial charge in [0.05, 0.1) is 12.7 Å². The first-order valence-corrected chi connectivity index (χ1v) is 7.09. The fourth-order valence-electron chi connectivity index (χ4n) is 1.66. The number of likely N-dealkylation sites (N-methyl/N-ethyl adjacent to an activating group) is 1. The zero-order valence-electron chi connectivity index (χ0n) is 11.4. The van der Waals surface area contributed by atoms with E-state index in [-0.39, 0.29) is 0 Å². The van der Waals surface area contributed by atoms with Crippen molar-refractivity contribution in [3.05, 3.63) is 33.8 Å². The third-order valence-corrected chi connectivity index (χ3v) is 3.46. The van der Waals surface area contributed by atoms with Crippen LogP contribution in [0.25, 0.3) is 0 Å². The molecule has 0 radical (unpaired) electrons. The standard InChI is InChI=1S/C14H23BrN2O/c1-11(2)18-7-6-17(3)10-13-5-4-12(9-16)8-14(13)15/h4-5,8,11H,6-7,9-10,16H2,1-3H3. The van der Waals surface area contributed by atoms with Gasteiger partial charge in [0.25, 0.3) is 0 Å². The Balaban J connectivity index is 2.46. The van der Waals surface area contributed by atoms with Crippen molar-refractivity contribution in [2.24, 2.45) is 5.73 Å². The predicted molar refractivity (Wildman–Crippen MR) is 79.5 cm³/mol. The van der Waals surface area contributed by atoms with Gasteiger partial charge in [-0.05, 0) is 38.1 Å². The maximum Gasteiger partial charge on any atom is 0.0596 e. The molecule has 0 spiro atoms. The molecule has 4 heteroatoms. The molecule has 0 aromatic heterocycles. The maximum atomic E-state index is 5.62. The Bertz CT molecular complexity index is 369. The van der Waals surface area contributed by atoms with Gasteiger partial charge in [0, 0.05) is 24.1 Å². The van der Waals surface area contributed by atoms with E-state index >= 15 is 0 Å². The second-order valence-corrected chi connectivity index (χ2v) is 5.64. The lowest BCUT2D eigenvalue weighted by atomic mass is 10.1. The second kappa shape index (κ2) is 7.89. The molecule has 18 heavy (non-hydrogen) atoms. The average Bonchev–Trinajstić information content (AvgIpc) is 2.31. The molecular weight excluding hydrogens is 292 g/mol. The van der Waals surface area contributed by atoms with E-state index in [0.717, 1.165) is 29.7 Å². The highest BCUT2D eigenvalue weighted by atomic mass is 79.9. The quantitative estimate of drug-likeness (QED) is 0.841. The molecule has 0 amide bonds. The lowest BCUT2D eigenvalue weighted by Gasteiger charge is -2.18. The first kappa shape index (κ1) is 15.6. The lowest BCUT2D eigenvalue weighted by molar-refractivity contribution is 0.0627. The number of halogens is 1. The third-order valence-electron chi connectivity index (χ3n) is 2.72. The van der Waals surface area contributed by atoms with Crippen molar-refractivity contribution < 1.29 is 4.74 Å². The molecule has 0 aliphatic rings. The molecule has 0 unspecified atom stereocenters. The molecule has 0 atom stereocenters. The van der Waals surface area contributed by atoms with Crippen LogP contribution >= 0.6 is 15.9 Å². The Morgan fingerprint density at radius 2 is 2.11 bits per heavy atom. The normalized spacial score (nSPS) is 11.5. The molecule has 1 aromatic rings. The van der Waals surface area contributed by atoms with Gasteiger partial charge >= 0.3 is 0 Å². The fraction of sp³-hybridized carbons (Fsp3) is 0.571. The molecular formula is C14H23BrN2O. The summed E-state index contributed by atoms with van der Waals surface area (Å²) in [5, 5.41) is 0. The second-order valence-electron chi connectivity index (χ2n) is 4.79. The van der Waals surface area contributed by atoms with Crippen LogP contribution < -0.4 is 5.73 Å². The third kappa shape index (κ3) is 5.48. The van der Waals surface area contributed by atoms with E-state index in [1.54, 1.807) is 0 Å². The number of hydrogen-bond donors (Lipinski definition) is 1. The van der Waals surface area contributed by atoms with Crippen LogP contribution in [0.15, 0.2) is 22.7 Å². The van der Waals surface area contributed by atoms with Crippen LogP contribution in [0, 0.1) is 0 Å². The highest BCUT2D eigenvalue weighted by Crippen LogP contribution is 2.19. The highest BCUT2D eigenvalue weighted by molar-refractivity contribution is 9.10. The van der Waals surface area contributed by atoms with Crippen molar-refractivity contribution in [1.29, 1.82) is 0 Å². The summed E-state index contributed by atoms with van der Waals surface area (Å²) in [6.45, 7) is 7.31. The minimum absolute atomic E-state index is 0.300. The molecule has 1 aromatic carbocycles. The number of ether oxygens (including phenoxy) is 1. The minimum Gasteiger partial charge on any atom is -0.377 e. The smallest absolute Gasteiger partial charge is 0.0596 e. The number of rotatable bonds is 7. The van der Waals surface area contributed by atoms with Crippen LogP contribution in [0.1, 0.15) is 25.0 Å². The van der Waals surface area contributed by atoms with E-state index in [0.29, 0.717) is 12.6 Å². The van der Waals surface area contributed by atoms with Gasteiger partial charge < -0.3 is 10.5 Å². The predicted octanol–water partition coefficient (Wildman–Crippen LogP) is 2.76. The van der Waals surface area contributed by atoms with Gasteiger partial charge in [-0.15, -0.1) is 0 Å². The SMILES string of the molecule is CC(C)OCCN(C)Cc1ccc(CN)cc1Br. The van der Waals surface area contributed by atoms with E-state index in [4.69, 9.17) is 10.5 Å². The topological polar surface area (TPSA) is 38.5 Å². The molecule has 0 aliphatic heterocycles. The molecule has 0 saturated carbocycles. The van der Waals surface area contributed by atoms with Crippen molar-refractivity contribution in [2.45, 2.75) is 33.0 Å². The first-order valence-electron chi connectivity index (χ1n) is 6.30. The van der Waals surface area contributed by atoms with Crippen LogP contribution in [0.3, 0.4) is 0 Å². The van der Waals surface area contributed by atoms with Crippen molar-refractivity contribution in [3.63, 3.8) is 0 Å². The zero-order valence-corrected chi connectivity index (χ0v) is 13.0. The van der Waals surface area contributed by atoms with E-state index in [1.807, 2.05) is 0 Å². The van der Waals surface area contributed by atoms with E-state index in [9.17, 15) is 0 Å². The molecule has 1 rings (SSSR count). The van der Waals surface area contributed by atoms with Crippen LogP contribution in [0.2, 0.25) is 0 Å². The number of nitrogens with two attached hydrogens (primary N) is 1. The summed E-state index contributed by atoms with van der Waals surface area (Å²) in [5.74, 6) is 0. The van der Waals surface area contributed by atoms with Crippen LogP contribution in [-0.2, 0) is 17.8 Å². The van der Waals surface area contributed by atoms with Gasteiger partial charge in [-0.2, -0.15) is 0 Å². The summed E-state index contributed by atoms with van der Waals surface area (Å²) >= 11 is 3.59. The van der Waals surface area contributed by atoms with Crippen molar-refractivity contribution in [3.8, 4) is 0 Å². The summed E-state index contributed by atoms with van der Waals surface area (Å²) in [5.41, 5.74) is 8.04. The molecule has 0 bridgehead atoms. The van der Waals surface area contributed by atoms with Crippen molar-refractivity contribution in [2.75, 3.05) is 20.2 Å². The van der Waals surface area contributed by atoms with Gasteiger partial charge in [-0.3, -0.25) is 4.90 Å². The van der Waals surface area contributed by atoms with Crippen molar-refractivity contribution in [1.82, 2.24) is 4.90 Å². The van der Waals surface area contributed by atoms with E-state index in [1.165, 1.54) is 5.56 Å². The monoisotopic (exact) mass is 314 g/mol. The molecule has 0 heterocycles. The summed E-state index contributed by atoms with van der Waals surface area (Å²) in [4.78, 5) is 2.25. The molecule has 2 N–H and O–H groups in total. The molecule has 3 nitrogen and oxygen atoms in total. The molecule has 0 saturated heterocycles. The zero-order chi connectivity index (χ0) is 13.5. The minimum atomic E-state index is 0.300. The summed E-state index contributed by atoms with van der Waals surface area (Å²) < 4.78 is 6.67. The molecule has 0 fully saturated rings. The Labute approximate surface area is 118 Å². The fourth-order valence-corrected chi connectivity index (χ4v) is 2.21. The van der Waals surface area contributed by atoms with Gasteiger partial charge in [-0.1, -0.05) is 28.1 Å². The van der Waals surface area contributed by atoms with Gasteiger partial charge in [-0.25, -0.2) is 0 Å². The Morgan fingerprint density at radius 1 is 1.39 bits per heavy atom. The lowest BCUT2D eigenvalue weighted by Crippen LogP contribution is -2.24. The van der Waals surface area contributed by atoms with Gasteiger partial charge in [0.2, 0.25) is 0 Å². The summed E-state index contributed by atoms with van der Waals surface area (Å²) in [6.07, 6.45) is 0.300. The van der Waals surface area contributed by atoms with Crippen molar-refractivity contribution >= 4 is 15.9 Å². The number of hydrogen-bond acceptors (Lipinski definition) is 3. The van der Waals surface area contributed by atoms with Crippen LogP contribution in [0.5, 0.6) is 0 Å². The van der Waals surface area contributed by atoms with Crippen LogP contribution in [-0.4, -0.2) is 31.2 Å². The number of benzene rings is 1. The Hall–Kier alpha value is -0.420. The Kier molecular flexibility index (Phi) is 6.86. The highest BCUT2D eigenvalue weighted by Gasteiger charge is 2.05. The average molecular weight is 315 g/mol. The largest absolute Gasteiger partial charge is 0.377 e.